The molecule has 0 bridgehead atoms. The van der Waals surface area contributed by atoms with E-state index in [1.165, 1.54) is 26.1 Å². The highest BCUT2D eigenvalue weighted by Crippen LogP contribution is 2.11. The zero-order chi connectivity index (χ0) is 9.56. The van der Waals surface area contributed by atoms with Crippen LogP contribution in [0.2, 0.25) is 0 Å². The maximum Gasteiger partial charge on any atom is 0.0232 e. The molecule has 2 heteroatoms. The Kier molecular flexibility index (Phi) is 6.39. The summed E-state index contributed by atoms with van der Waals surface area (Å²) in [6.07, 6.45) is 1.35. The van der Waals surface area contributed by atoms with Crippen molar-refractivity contribution in [2.24, 2.45) is 0 Å². The second-order valence-corrected chi connectivity index (χ2v) is 3.28. The smallest absolute Gasteiger partial charge is 0.0232 e. The Labute approximate surface area is 77.5 Å². The Hall–Kier alpha value is -0.0800. The third-order valence-corrected chi connectivity index (χ3v) is 2.49. The third kappa shape index (κ3) is 3.55. The standard InChI is InChI=1S/C8H18N2.C2H6/c1-4-10(3)8-5-6-9(2)7-8;1-2/h8H,4-7H2,1-3H3;1-2H3. The van der Waals surface area contributed by atoms with Crippen molar-refractivity contribution in [3.05, 3.63) is 0 Å². The molecule has 0 aromatic carbocycles. The van der Waals surface area contributed by atoms with Crippen molar-refractivity contribution in [2.45, 2.75) is 33.2 Å². The molecular formula is C10H24N2. The lowest BCUT2D eigenvalue weighted by Gasteiger charge is -2.21. The summed E-state index contributed by atoms with van der Waals surface area (Å²) >= 11 is 0. The Bertz CT molecular complexity index is 104. The van der Waals surface area contributed by atoms with E-state index < -0.39 is 0 Å². The van der Waals surface area contributed by atoms with Crippen LogP contribution in [-0.2, 0) is 0 Å². The maximum absolute atomic E-state index is 2.43. The van der Waals surface area contributed by atoms with Crippen molar-refractivity contribution in [1.29, 1.82) is 0 Å². The summed E-state index contributed by atoms with van der Waals surface area (Å²) in [6, 6.07) is 0.815. The molecule has 12 heavy (non-hydrogen) atoms. The zero-order valence-electron chi connectivity index (χ0n) is 9.30. The average Bonchev–Trinajstić information content (AvgIpc) is 2.54. The van der Waals surface area contributed by atoms with Crippen molar-refractivity contribution < 1.29 is 0 Å². The molecule has 0 radical (unpaired) electrons. The first-order chi connectivity index (χ1) is 5.74. The largest absolute Gasteiger partial charge is 0.305 e. The van der Waals surface area contributed by atoms with E-state index in [4.69, 9.17) is 0 Å². The van der Waals surface area contributed by atoms with E-state index in [1.54, 1.807) is 0 Å². The fourth-order valence-electron chi connectivity index (χ4n) is 1.53. The Morgan fingerprint density at radius 2 is 2.00 bits per heavy atom. The van der Waals surface area contributed by atoms with E-state index >= 15 is 0 Å². The van der Waals surface area contributed by atoms with Crippen molar-refractivity contribution in [3.63, 3.8) is 0 Å². The third-order valence-electron chi connectivity index (χ3n) is 2.49. The van der Waals surface area contributed by atoms with Gasteiger partial charge in [0.1, 0.15) is 0 Å². The minimum Gasteiger partial charge on any atom is -0.305 e. The van der Waals surface area contributed by atoms with E-state index in [0.29, 0.717) is 0 Å². The van der Waals surface area contributed by atoms with Gasteiger partial charge in [-0.1, -0.05) is 20.8 Å². The summed E-state index contributed by atoms with van der Waals surface area (Å²) in [5.41, 5.74) is 0. The molecule has 74 valence electrons. The van der Waals surface area contributed by atoms with Gasteiger partial charge in [0.2, 0.25) is 0 Å². The second-order valence-electron chi connectivity index (χ2n) is 3.28. The van der Waals surface area contributed by atoms with Gasteiger partial charge in [-0.2, -0.15) is 0 Å². The average molecular weight is 172 g/mol. The molecule has 0 aliphatic carbocycles. The molecule has 1 saturated heterocycles. The van der Waals surface area contributed by atoms with Gasteiger partial charge in [0.05, 0.1) is 0 Å². The van der Waals surface area contributed by atoms with E-state index in [9.17, 15) is 0 Å². The van der Waals surface area contributed by atoms with Gasteiger partial charge in [-0.3, -0.25) is 0 Å². The minimum absolute atomic E-state index is 0.815. The van der Waals surface area contributed by atoms with Gasteiger partial charge in [-0.25, -0.2) is 0 Å². The second kappa shape index (κ2) is 6.44. The summed E-state index contributed by atoms with van der Waals surface area (Å²) < 4.78 is 0. The first kappa shape index (κ1) is 11.9. The molecule has 1 aliphatic heterocycles. The van der Waals surface area contributed by atoms with Crippen molar-refractivity contribution in [1.82, 2.24) is 9.80 Å². The molecule has 1 atom stereocenters. The van der Waals surface area contributed by atoms with Crippen LogP contribution < -0.4 is 0 Å². The van der Waals surface area contributed by atoms with Crippen molar-refractivity contribution >= 4 is 0 Å². The molecule has 1 heterocycles. The summed E-state index contributed by atoms with van der Waals surface area (Å²) in [6.45, 7) is 9.93. The summed E-state index contributed by atoms with van der Waals surface area (Å²) in [7, 11) is 4.41. The first-order valence-electron chi connectivity index (χ1n) is 5.12. The van der Waals surface area contributed by atoms with Gasteiger partial charge in [0, 0.05) is 12.6 Å². The topological polar surface area (TPSA) is 6.48 Å². The van der Waals surface area contributed by atoms with Gasteiger partial charge in [-0.05, 0) is 33.6 Å². The first-order valence-corrected chi connectivity index (χ1v) is 5.12. The molecule has 1 aliphatic rings. The van der Waals surface area contributed by atoms with Gasteiger partial charge >= 0.3 is 0 Å². The maximum atomic E-state index is 2.43. The number of rotatable bonds is 2. The Morgan fingerprint density at radius 3 is 2.33 bits per heavy atom. The summed E-state index contributed by atoms with van der Waals surface area (Å²) in [5, 5.41) is 0. The monoisotopic (exact) mass is 172 g/mol. The Morgan fingerprint density at radius 1 is 1.42 bits per heavy atom. The number of nitrogens with zero attached hydrogens (tertiary/aromatic N) is 2. The molecule has 0 saturated carbocycles. The van der Waals surface area contributed by atoms with Gasteiger partial charge < -0.3 is 9.80 Å². The fraction of sp³-hybridized carbons (Fsp3) is 1.00. The van der Waals surface area contributed by atoms with Gasteiger partial charge in [0.25, 0.3) is 0 Å². The van der Waals surface area contributed by atoms with Crippen LogP contribution in [0.3, 0.4) is 0 Å². The molecule has 1 rings (SSSR count). The van der Waals surface area contributed by atoms with Crippen LogP contribution in [0.15, 0.2) is 0 Å². The summed E-state index contributed by atoms with van der Waals surface area (Å²) in [5.74, 6) is 0. The van der Waals surface area contributed by atoms with E-state index in [1.807, 2.05) is 13.8 Å². The predicted octanol–water partition coefficient (Wildman–Crippen LogP) is 1.67. The fourth-order valence-corrected chi connectivity index (χ4v) is 1.53. The lowest BCUT2D eigenvalue weighted by Crippen LogP contribution is -2.33. The molecule has 0 aromatic rings. The highest BCUT2D eigenvalue weighted by Gasteiger charge is 2.21. The molecule has 0 N–H and O–H groups in total. The normalized spacial score (nSPS) is 24.0. The molecular weight excluding hydrogens is 148 g/mol. The lowest BCUT2D eigenvalue weighted by atomic mass is 10.2. The van der Waals surface area contributed by atoms with Crippen LogP contribution in [0, 0.1) is 0 Å². The molecule has 1 unspecified atom stereocenters. The predicted molar refractivity (Wildman–Crippen MR) is 55.6 cm³/mol. The number of hydrogen-bond acceptors (Lipinski definition) is 2. The van der Waals surface area contributed by atoms with Crippen molar-refractivity contribution in [3.8, 4) is 0 Å². The number of hydrogen-bond donors (Lipinski definition) is 0. The number of likely N-dealkylation sites (N-methyl/N-ethyl adjacent to an activating group) is 2. The molecule has 1 fully saturated rings. The minimum atomic E-state index is 0.815. The van der Waals surface area contributed by atoms with E-state index in [2.05, 4.69) is 30.8 Å². The van der Waals surface area contributed by atoms with Crippen LogP contribution in [-0.4, -0.2) is 49.6 Å². The lowest BCUT2D eigenvalue weighted by molar-refractivity contribution is 0.253. The Balaban J connectivity index is 0.000000561. The van der Waals surface area contributed by atoms with Crippen LogP contribution >= 0.6 is 0 Å². The molecule has 0 aromatic heterocycles. The summed E-state index contributed by atoms with van der Waals surface area (Å²) in [4.78, 5) is 4.83. The quantitative estimate of drug-likeness (QED) is 0.625. The SMILES string of the molecule is CC.CCN(C)C1CCN(C)C1. The highest BCUT2D eigenvalue weighted by atomic mass is 15.2. The highest BCUT2D eigenvalue weighted by molar-refractivity contribution is 4.79. The van der Waals surface area contributed by atoms with Gasteiger partial charge in [0.15, 0.2) is 0 Å². The van der Waals surface area contributed by atoms with Crippen molar-refractivity contribution in [2.75, 3.05) is 33.7 Å². The van der Waals surface area contributed by atoms with E-state index in [0.717, 1.165) is 6.04 Å². The van der Waals surface area contributed by atoms with Crippen LogP contribution in [0.5, 0.6) is 0 Å². The van der Waals surface area contributed by atoms with Crippen LogP contribution in [0.4, 0.5) is 0 Å². The molecule has 2 nitrogen and oxygen atoms in total. The molecule has 0 spiro atoms. The van der Waals surface area contributed by atoms with Crippen LogP contribution in [0.1, 0.15) is 27.2 Å². The zero-order valence-corrected chi connectivity index (χ0v) is 9.30. The van der Waals surface area contributed by atoms with Crippen LogP contribution in [0.25, 0.3) is 0 Å². The van der Waals surface area contributed by atoms with E-state index in [-0.39, 0.29) is 0 Å². The molecule has 0 amide bonds. The van der Waals surface area contributed by atoms with Gasteiger partial charge in [-0.15, -0.1) is 0 Å². The number of likely N-dealkylation sites (tertiary alicyclic amines) is 1.